The molecule has 1 aromatic rings. The largest absolute Gasteiger partial charge is 0.0985 e. The molecule has 0 N–H and O–H groups in total. The van der Waals surface area contributed by atoms with Gasteiger partial charge < -0.3 is 0 Å². The van der Waals surface area contributed by atoms with Crippen molar-refractivity contribution in [1.82, 2.24) is 0 Å². The zero-order valence-corrected chi connectivity index (χ0v) is 6.93. The van der Waals surface area contributed by atoms with Gasteiger partial charge in [0.15, 0.2) is 0 Å². The predicted octanol–water partition coefficient (Wildman–Crippen LogP) is 3.07. The molecule has 0 saturated carbocycles. The average Bonchev–Trinajstić information content (AvgIpc) is 2.05. The van der Waals surface area contributed by atoms with Crippen molar-refractivity contribution in [1.29, 1.82) is 0 Å². The molecule has 0 unspecified atom stereocenters. The Hall–Kier alpha value is -1.04. The Morgan fingerprint density at radius 3 is 2.73 bits per heavy atom. The third-order valence-corrected chi connectivity index (χ3v) is 1.85. The number of rotatable bonds is 2. The van der Waals surface area contributed by atoms with Gasteiger partial charge in [-0.1, -0.05) is 37.8 Å². The summed E-state index contributed by atoms with van der Waals surface area (Å²) in [6.45, 7) is 9.78. The van der Waals surface area contributed by atoms with E-state index in [0.717, 1.165) is 12.0 Å². The van der Waals surface area contributed by atoms with Crippen molar-refractivity contribution >= 4 is 6.08 Å². The number of hydrogen-bond acceptors (Lipinski definition) is 0. The molecule has 0 nitrogen and oxygen atoms in total. The molecular weight excluding hydrogens is 132 g/mol. The Morgan fingerprint density at radius 1 is 1.45 bits per heavy atom. The van der Waals surface area contributed by atoms with Crippen molar-refractivity contribution in [2.75, 3.05) is 0 Å². The normalized spacial score (nSPS) is 9.64. The number of hydrogen-bond donors (Lipinski definition) is 0. The van der Waals surface area contributed by atoms with Crippen LogP contribution in [0.25, 0.3) is 6.08 Å². The first-order valence-corrected chi connectivity index (χ1v) is 3.85. The SMILES string of the molecule is [CH2]c1ccc(C=C)cc1CC. The molecule has 0 bridgehead atoms. The molecule has 0 heterocycles. The van der Waals surface area contributed by atoms with E-state index in [0.29, 0.717) is 0 Å². The van der Waals surface area contributed by atoms with Crippen LogP contribution < -0.4 is 0 Å². The van der Waals surface area contributed by atoms with Crippen LogP contribution in [0.1, 0.15) is 23.6 Å². The molecule has 0 aliphatic heterocycles. The summed E-state index contributed by atoms with van der Waals surface area (Å²) in [6.07, 6.45) is 2.90. The topological polar surface area (TPSA) is 0 Å². The smallest absolute Gasteiger partial charge is 0.0235 e. The van der Waals surface area contributed by atoms with Crippen molar-refractivity contribution in [2.45, 2.75) is 13.3 Å². The van der Waals surface area contributed by atoms with Gasteiger partial charge in [-0.2, -0.15) is 0 Å². The summed E-state index contributed by atoms with van der Waals surface area (Å²) in [5.41, 5.74) is 3.61. The molecule has 57 valence electrons. The summed E-state index contributed by atoms with van der Waals surface area (Å²) in [6, 6.07) is 6.21. The Bertz CT molecular complexity index is 259. The Labute approximate surface area is 68.6 Å². The fourth-order valence-electron chi connectivity index (χ4n) is 1.10. The van der Waals surface area contributed by atoms with Crippen LogP contribution in [0.2, 0.25) is 0 Å². The van der Waals surface area contributed by atoms with E-state index in [1.54, 1.807) is 0 Å². The second kappa shape index (κ2) is 3.38. The molecule has 0 amide bonds. The van der Waals surface area contributed by atoms with Gasteiger partial charge in [-0.05, 0) is 30.0 Å². The van der Waals surface area contributed by atoms with E-state index in [4.69, 9.17) is 0 Å². The molecule has 0 atom stereocenters. The maximum absolute atomic E-state index is 3.93. The molecule has 0 spiro atoms. The van der Waals surface area contributed by atoms with Gasteiger partial charge in [-0.25, -0.2) is 0 Å². The second-order valence-electron chi connectivity index (χ2n) is 2.59. The van der Waals surface area contributed by atoms with E-state index in [1.807, 2.05) is 18.2 Å². The highest BCUT2D eigenvalue weighted by Crippen LogP contribution is 2.12. The van der Waals surface area contributed by atoms with E-state index in [2.05, 4.69) is 26.5 Å². The fraction of sp³-hybridized carbons (Fsp3) is 0.182. The van der Waals surface area contributed by atoms with Gasteiger partial charge in [0.25, 0.3) is 0 Å². The molecule has 0 aliphatic carbocycles. The summed E-state index contributed by atoms with van der Waals surface area (Å²) in [5, 5.41) is 0. The summed E-state index contributed by atoms with van der Waals surface area (Å²) >= 11 is 0. The number of benzene rings is 1. The highest BCUT2D eigenvalue weighted by Gasteiger charge is 1.94. The quantitative estimate of drug-likeness (QED) is 0.600. The van der Waals surface area contributed by atoms with Gasteiger partial charge in [-0.3, -0.25) is 0 Å². The van der Waals surface area contributed by atoms with E-state index in [1.165, 1.54) is 11.1 Å². The lowest BCUT2D eigenvalue weighted by molar-refractivity contribution is 1.12. The van der Waals surface area contributed by atoms with Gasteiger partial charge in [-0.15, -0.1) is 0 Å². The first-order chi connectivity index (χ1) is 5.27. The van der Waals surface area contributed by atoms with Crippen LogP contribution in [0.5, 0.6) is 0 Å². The van der Waals surface area contributed by atoms with Crippen LogP contribution in [0, 0.1) is 6.92 Å². The van der Waals surface area contributed by atoms with Crippen LogP contribution in [0.3, 0.4) is 0 Å². The van der Waals surface area contributed by atoms with Crippen molar-refractivity contribution in [2.24, 2.45) is 0 Å². The number of aryl methyl sites for hydroxylation is 1. The summed E-state index contributed by atoms with van der Waals surface area (Å²) in [4.78, 5) is 0. The molecule has 0 saturated heterocycles. The Morgan fingerprint density at radius 2 is 2.18 bits per heavy atom. The van der Waals surface area contributed by atoms with E-state index >= 15 is 0 Å². The maximum atomic E-state index is 3.93. The van der Waals surface area contributed by atoms with E-state index in [9.17, 15) is 0 Å². The highest BCUT2D eigenvalue weighted by atomic mass is 14.0. The zero-order valence-electron chi connectivity index (χ0n) is 6.93. The molecule has 0 aromatic heterocycles. The first kappa shape index (κ1) is 8.06. The lowest BCUT2D eigenvalue weighted by Crippen LogP contribution is -1.86. The predicted molar refractivity (Wildman–Crippen MR) is 50.4 cm³/mol. The summed E-state index contributed by atoms with van der Waals surface area (Å²) in [7, 11) is 0. The molecule has 0 fully saturated rings. The monoisotopic (exact) mass is 145 g/mol. The van der Waals surface area contributed by atoms with E-state index in [-0.39, 0.29) is 0 Å². The fourth-order valence-corrected chi connectivity index (χ4v) is 1.10. The summed E-state index contributed by atoms with van der Waals surface area (Å²) in [5.74, 6) is 0. The third kappa shape index (κ3) is 1.70. The summed E-state index contributed by atoms with van der Waals surface area (Å²) < 4.78 is 0. The van der Waals surface area contributed by atoms with Crippen LogP contribution in [0.15, 0.2) is 24.8 Å². The van der Waals surface area contributed by atoms with Crippen molar-refractivity contribution in [3.63, 3.8) is 0 Å². The lowest BCUT2D eigenvalue weighted by Gasteiger charge is -2.02. The van der Waals surface area contributed by atoms with Gasteiger partial charge in [0.05, 0.1) is 0 Å². The molecule has 1 aromatic carbocycles. The minimum atomic E-state index is 1.04. The molecule has 0 heteroatoms. The highest BCUT2D eigenvalue weighted by molar-refractivity contribution is 5.50. The Balaban J connectivity index is 3.12. The van der Waals surface area contributed by atoms with Crippen molar-refractivity contribution in [3.05, 3.63) is 48.4 Å². The second-order valence-corrected chi connectivity index (χ2v) is 2.59. The van der Waals surface area contributed by atoms with Crippen molar-refractivity contribution in [3.8, 4) is 0 Å². The van der Waals surface area contributed by atoms with Crippen LogP contribution in [-0.2, 0) is 6.42 Å². The third-order valence-electron chi connectivity index (χ3n) is 1.85. The van der Waals surface area contributed by atoms with Crippen LogP contribution in [0.4, 0.5) is 0 Å². The zero-order chi connectivity index (χ0) is 8.27. The molecular formula is C11H13. The average molecular weight is 145 g/mol. The standard InChI is InChI=1S/C11H13/c1-4-10-7-6-9(3)11(5-2)8-10/h4,6-8H,1,3,5H2,2H3. The maximum Gasteiger partial charge on any atom is -0.0235 e. The molecule has 1 radical (unpaired) electrons. The lowest BCUT2D eigenvalue weighted by atomic mass is 10.0. The van der Waals surface area contributed by atoms with Crippen LogP contribution in [-0.4, -0.2) is 0 Å². The van der Waals surface area contributed by atoms with Gasteiger partial charge in [0, 0.05) is 0 Å². The minimum Gasteiger partial charge on any atom is -0.0985 e. The van der Waals surface area contributed by atoms with Gasteiger partial charge in [0.1, 0.15) is 0 Å². The Kier molecular flexibility index (Phi) is 2.48. The van der Waals surface area contributed by atoms with Crippen LogP contribution >= 0.6 is 0 Å². The van der Waals surface area contributed by atoms with E-state index < -0.39 is 0 Å². The minimum absolute atomic E-state index is 1.04. The molecule has 0 aliphatic rings. The molecule has 11 heavy (non-hydrogen) atoms. The van der Waals surface area contributed by atoms with Gasteiger partial charge in [0.2, 0.25) is 0 Å². The molecule has 1 rings (SSSR count). The van der Waals surface area contributed by atoms with Crippen molar-refractivity contribution < 1.29 is 0 Å². The van der Waals surface area contributed by atoms with Gasteiger partial charge >= 0.3 is 0 Å². The first-order valence-electron chi connectivity index (χ1n) is 3.85.